The molecule has 0 saturated heterocycles. The molecule has 1 aromatic heterocycles. The van der Waals surface area contributed by atoms with Gasteiger partial charge in [0, 0.05) is 6.20 Å². The molecule has 3 heteroatoms. The van der Waals surface area contributed by atoms with Crippen LogP contribution in [0.2, 0.25) is 5.02 Å². The first-order valence-corrected chi connectivity index (χ1v) is 3.88. The van der Waals surface area contributed by atoms with Crippen molar-refractivity contribution in [1.29, 1.82) is 0 Å². The number of ether oxygens (including phenoxy) is 1. The maximum atomic E-state index is 5.84. The van der Waals surface area contributed by atoms with Crippen LogP contribution in [0.25, 0.3) is 5.57 Å². The van der Waals surface area contributed by atoms with E-state index in [1.54, 1.807) is 12.3 Å². The highest BCUT2D eigenvalue weighted by atomic mass is 35.5. The van der Waals surface area contributed by atoms with Crippen molar-refractivity contribution in [2.24, 2.45) is 0 Å². The van der Waals surface area contributed by atoms with Gasteiger partial charge in [0.2, 0.25) is 5.88 Å². The smallest absolute Gasteiger partial charge is 0.232 e. The number of nitrogens with zero attached hydrogens (tertiary/aromatic N) is 1. The molecule has 0 saturated carbocycles. The molecule has 0 aliphatic carbocycles. The topological polar surface area (TPSA) is 22.1 Å². The van der Waals surface area contributed by atoms with Crippen LogP contribution in [0.1, 0.15) is 12.5 Å². The minimum Gasteiger partial charge on any atom is -0.480 e. The molecule has 0 bridgehead atoms. The number of halogens is 1. The second-order valence-corrected chi connectivity index (χ2v) is 2.90. The molecule has 0 amide bonds. The zero-order valence-electron chi connectivity index (χ0n) is 7.10. The summed E-state index contributed by atoms with van der Waals surface area (Å²) < 4.78 is 4.91. The SMILES string of the molecule is C=C(C)c1cnc(OC)c(Cl)c1. The standard InChI is InChI=1S/C9H10ClNO/c1-6(2)7-4-8(10)9(12-3)11-5-7/h4-5H,1H2,2-3H3. The van der Waals surface area contributed by atoms with Gasteiger partial charge in [0.15, 0.2) is 0 Å². The number of pyridine rings is 1. The number of methoxy groups -OCH3 is 1. The van der Waals surface area contributed by atoms with Crippen LogP contribution >= 0.6 is 11.6 Å². The summed E-state index contributed by atoms with van der Waals surface area (Å²) in [6.07, 6.45) is 1.69. The number of hydrogen-bond donors (Lipinski definition) is 0. The fourth-order valence-electron chi connectivity index (χ4n) is 0.809. The third kappa shape index (κ3) is 1.77. The van der Waals surface area contributed by atoms with E-state index in [4.69, 9.17) is 16.3 Å². The Labute approximate surface area is 76.8 Å². The van der Waals surface area contributed by atoms with Gasteiger partial charge in [-0.2, -0.15) is 0 Å². The van der Waals surface area contributed by atoms with Crippen molar-refractivity contribution in [3.05, 3.63) is 29.4 Å². The van der Waals surface area contributed by atoms with Crippen molar-refractivity contribution in [2.45, 2.75) is 6.92 Å². The zero-order valence-corrected chi connectivity index (χ0v) is 7.85. The molecular formula is C9H10ClNO. The van der Waals surface area contributed by atoms with E-state index in [1.807, 2.05) is 6.92 Å². The van der Waals surface area contributed by atoms with Crippen molar-refractivity contribution < 1.29 is 4.74 Å². The quantitative estimate of drug-likeness (QED) is 0.704. The van der Waals surface area contributed by atoms with Gasteiger partial charge in [-0.25, -0.2) is 4.98 Å². The highest BCUT2D eigenvalue weighted by Gasteiger charge is 2.02. The van der Waals surface area contributed by atoms with Crippen LogP contribution in [0, 0.1) is 0 Å². The Morgan fingerprint density at radius 3 is 2.75 bits per heavy atom. The van der Waals surface area contributed by atoms with E-state index in [1.165, 1.54) is 7.11 Å². The van der Waals surface area contributed by atoms with Crippen LogP contribution in [0.4, 0.5) is 0 Å². The van der Waals surface area contributed by atoms with Crippen LogP contribution in [-0.4, -0.2) is 12.1 Å². The van der Waals surface area contributed by atoms with Gasteiger partial charge < -0.3 is 4.74 Å². The Balaban J connectivity index is 3.10. The lowest BCUT2D eigenvalue weighted by atomic mass is 10.1. The molecule has 0 fully saturated rings. The van der Waals surface area contributed by atoms with Gasteiger partial charge >= 0.3 is 0 Å². The summed E-state index contributed by atoms with van der Waals surface area (Å²) in [5.74, 6) is 0.446. The van der Waals surface area contributed by atoms with Crippen molar-refractivity contribution >= 4 is 17.2 Å². The van der Waals surface area contributed by atoms with Crippen LogP contribution in [0.15, 0.2) is 18.8 Å². The molecule has 0 aromatic carbocycles. The van der Waals surface area contributed by atoms with E-state index in [2.05, 4.69) is 11.6 Å². The zero-order chi connectivity index (χ0) is 9.14. The maximum absolute atomic E-state index is 5.84. The van der Waals surface area contributed by atoms with Crippen LogP contribution in [0.3, 0.4) is 0 Å². The molecular weight excluding hydrogens is 174 g/mol. The van der Waals surface area contributed by atoms with Crippen molar-refractivity contribution in [2.75, 3.05) is 7.11 Å². The lowest BCUT2D eigenvalue weighted by Gasteiger charge is -2.03. The third-order valence-electron chi connectivity index (χ3n) is 1.49. The first kappa shape index (κ1) is 9.07. The third-order valence-corrected chi connectivity index (χ3v) is 1.76. The summed E-state index contributed by atoms with van der Waals surface area (Å²) in [6.45, 7) is 5.69. The molecule has 64 valence electrons. The van der Waals surface area contributed by atoms with Crippen molar-refractivity contribution in [3.63, 3.8) is 0 Å². The predicted octanol–water partition coefficient (Wildman–Crippen LogP) is 2.78. The van der Waals surface area contributed by atoms with Crippen LogP contribution < -0.4 is 4.74 Å². The van der Waals surface area contributed by atoms with E-state index >= 15 is 0 Å². The molecule has 0 radical (unpaired) electrons. The number of allylic oxidation sites excluding steroid dienone is 1. The van der Waals surface area contributed by atoms with Crippen molar-refractivity contribution in [1.82, 2.24) is 4.98 Å². The summed E-state index contributed by atoms with van der Waals surface area (Å²) in [5, 5.41) is 0.512. The Hall–Kier alpha value is -1.02. The largest absolute Gasteiger partial charge is 0.480 e. The van der Waals surface area contributed by atoms with E-state index in [-0.39, 0.29) is 0 Å². The molecule has 0 atom stereocenters. The highest BCUT2D eigenvalue weighted by molar-refractivity contribution is 6.32. The predicted molar refractivity (Wildman–Crippen MR) is 50.5 cm³/mol. The van der Waals surface area contributed by atoms with E-state index < -0.39 is 0 Å². The van der Waals surface area contributed by atoms with E-state index in [0.717, 1.165) is 11.1 Å². The molecule has 1 heterocycles. The van der Waals surface area contributed by atoms with Gasteiger partial charge in [0.05, 0.1) is 7.11 Å². The Morgan fingerprint density at radius 2 is 2.33 bits per heavy atom. The Kier molecular flexibility index (Phi) is 2.71. The van der Waals surface area contributed by atoms with Gasteiger partial charge in [-0.05, 0) is 24.1 Å². The molecule has 0 aliphatic heterocycles. The lowest BCUT2D eigenvalue weighted by molar-refractivity contribution is 0.398. The average molecular weight is 184 g/mol. The summed E-state index contributed by atoms with van der Waals surface area (Å²) >= 11 is 5.84. The molecule has 1 rings (SSSR count). The molecule has 0 N–H and O–H groups in total. The maximum Gasteiger partial charge on any atom is 0.232 e. The molecule has 2 nitrogen and oxygen atoms in total. The summed E-state index contributed by atoms with van der Waals surface area (Å²) in [5.41, 5.74) is 1.87. The minimum absolute atomic E-state index is 0.446. The summed E-state index contributed by atoms with van der Waals surface area (Å²) in [7, 11) is 1.54. The van der Waals surface area contributed by atoms with Crippen LogP contribution in [0.5, 0.6) is 5.88 Å². The lowest BCUT2D eigenvalue weighted by Crippen LogP contribution is -1.89. The normalized spacial score (nSPS) is 9.58. The van der Waals surface area contributed by atoms with Gasteiger partial charge in [0.25, 0.3) is 0 Å². The second-order valence-electron chi connectivity index (χ2n) is 2.50. The fraction of sp³-hybridized carbons (Fsp3) is 0.222. The average Bonchev–Trinajstić information content (AvgIpc) is 2.04. The van der Waals surface area contributed by atoms with Crippen LogP contribution in [-0.2, 0) is 0 Å². The molecule has 0 spiro atoms. The molecule has 1 aromatic rings. The number of rotatable bonds is 2. The Bertz CT molecular complexity index is 309. The minimum atomic E-state index is 0.446. The summed E-state index contributed by atoms with van der Waals surface area (Å²) in [4.78, 5) is 4.00. The van der Waals surface area contributed by atoms with E-state index in [0.29, 0.717) is 10.9 Å². The number of aromatic nitrogens is 1. The van der Waals surface area contributed by atoms with Gasteiger partial charge in [0.1, 0.15) is 5.02 Å². The van der Waals surface area contributed by atoms with Gasteiger partial charge in [-0.1, -0.05) is 18.2 Å². The van der Waals surface area contributed by atoms with Gasteiger partial charge in [-0.15, -0.1) is 0 Å². The highest BCUT2D eigenvalue weighted by Crippen LogP contribution is 2.24. The molecule has 0 unspecified atom stereocenters. The molecule has 12 heavy (non-hydrogen) atoms. The first-order valence-electron chi connectivity index (χ1n) is 3.50. The first-order chi connectivity index (χ1) is 5.65. The van der Waals surface area contributed by atoms with Gasteiger partial charge in [-0.3, -0.25) is 0 Å². The second kappa shape index (κ2) is 3.59. The Morgan fingerprint density at radius 1 is 1.67 bits per heavy atom. The van der Waals surface area contributed by atoms with Crippen molar-refractivity contribution in [3.8, 4) is 5.88 Å². The molecule has 0 aliphatic rings. The monoisotopic (exact) mass is 183 g/mol. The summed E-state index contributed by atoms with van der Waals surface area (Å²) in [6, 6.07) is 1.79. The van der Waals surface area contributed by atoms with E-state index in [9.17, 15) is 0 Å². The number of hydrogen-bond acceptors (Lipinski definition) is 2. The fourth-order valence-corrected chi connectivity index (χ4v) is 1.05.